The van der Waals surface area contributed by atoms with Crippen LogP contribution in [-0.4, -0.2) is 16.3 Å². The zero-order valence-electron chi connectivity index (χ0n) is 15.8. The number of halogens is 4. The number of nitrogens with one attached hydrogen (secondary N) is 1. The van der Waals surface area contributed by atoms with E-state index in [1.165, 1.54) is 18.2 Å². The molecule has 4 nitrogen and oxygen atoms in total. The summed E-state index contributed by atoms with van der Waals surface area (Å²) in [6, 6.07) is 17.1. The van der Waals surface area contributed by atoms with Crippen molar-refractivity contribution in [2.45, 2.75) is 19.7 Å². The molecule has 0 amide bonds. The summed E-state index contributed by atoms with van der Waals surface area (Å²) in [6.45, 7) is 1.92. The average Bonchev–Trinajstić information content (AvgIpc) is 3.30. The zero-order chi connectivity index (χ0) is 21.3. The Morgan fingerprint density at radius 1 is 1.00 bits per heavy atom. The molecule has 0 radical (unpaired) electrons. The van der Waals surface area contributed by atoms with Crippen LogP contribution in [0.2, 0.25) is 0 Å². The third-order valence-corrected chi connectivity index (χ3v) is 5.02. The van der Waals surface area contributed by atoms with Gasteiger partial charge < -0.3 is 14.1 Å². The summed E-state index contributed by atoms with van der Waals surface area (Å²) < 4.78 is 49.0. The number of hydrogen-bond donors (Lipinski definition) is 1. The second kappa shape index (κ2) is 8.02. The third-order valence-electron chi connectivity index (χ3n) is 4.49. The number of alkyl halides is 3. The Labute approximate surface area is 178 Å². The summed E-state index contributed by atoms with van der Waals surface area (Å²) in [5.74, 6) is 0.878. The molecule has 0 bridgehead atoms. The van der Waals surface area contributed by atoms with Gasteiger partial charge in [0, 0.05) is 16.6 Å². The minimum atomic E-state index is -4.79. The number of para-hydroxylation sites is 1. The first kappa shape index (κ1) is 20.3. The lowest BCUT2D eigenvalue weighted by Crippen LogP contribution is -2.17. The highest BCUT2D eigenvalue weighted by Gasteiger charge is 2.32. The number of furan rings is 1. The highest BCUT2D eigenvalue weighted by molar-refractivity contribution is 9.10. The van der Waals surface area contributed by atoms with E-state index in [9.17, 15) is 13.2 Å². The molecule has 2 aromatic carbocycles. The predicted octanol–water partition coefficient (Wildman–Crippen LogP) is 6.90. The number of imidazole rings is 1. The van der Waals surface area contributed by atoms with E-state index in [4.69, 9.17) is 4.42 Å². The largest absolute Gasteiger partial charge is 0.573 e. The van der Waals surface area contributed by atoms with Gasteiger partial charge in [0.2, 0.25) is 0 Å². The summed E-state index contributed by atoms with van der Waals surface area (Å²) in [5, 5.41) is 0. The van der Waals surface area contributed by atoms with Gasteiger partial charge in [-0.1, -0.05) is 40.2 Å². The summed E-state index contributed by atoms with van der Waals surface area (Å²) >= 11 is 3.42. The Morgan fingerprint density at radius 3 is 2.43 bits per heavy atom. The number of hydrogen-bond acceptors (Lipinski definition) is 3. The molecule has 1 N–H and O–H groups in total. The highest BCUT2D eigenvalue weighted by Crippen LogP contribution is 2.36. The van der Waals surface area contributed by atoms with Crippen LogP contribution in [-0.2, 0) is 6.42 Å². The molecule has 2 heterocycles. The van der Waals surface area contributed by atoms with Gasteiger partial charge in [-0.05, 0) is 48.9 Å². The van der Waals surface area contributed by atoms with Crippen molar-refractivity contribution in [2.24, 2.45) is 0 Å². The summed E-state index contributed by atoms with van der Waals surface area (Å²) in [5.41, 5.74) is 3.08. The van der Waals surface area contributed by atoms with Crippen LogP contribution in [0.3, 0.4) is 0 Å². The van der Waals surface area contributed by atoms with E-state index in [2.05, 4.69) is 30.6 Å². The van der Waals surface area contributed by atoms with E-state index in [1.54, 1.807) is 18.2 Å². The van der Waals surface area contributed by atoms with Crippen molar-refractivity contribution in [3.8, 4) is 28.7 Å². The first-order valence-corrected chi connectivity index (χ1v) is 9.83. The van der Waals surface area contributed by atoms with Gasteiger partial charge in [0.15, 0.2) is 11.6 Å². The van der Waals surface area contributed by atoms with Crippen LogP contribution in [0.1, 0.15) is 17.0 Å². The standard InChI is InChI=1S/C22H16BrF3N2O2/c1-13-17(12-14-6-8-15(23)9-7-14)28-21(27-13)20-11-10-18(29-20)16-4-2-3-5-19(16)30-22(24,25)26/h2-11H,12H2,1H3,(H,27,28). The van der Waals surface area contributed by atoms with E-state index >= 15 is 0 Å². The van der Waals surface area contributed by atoms with Crippen LogP contribution in [0.25, 0.3) is 22.9 Å². The quantitative estimate of drug-likeness (QED) is 0.340. The van der Waals surface area contributed by atoms with Gasteiger partial charge in [-0.25, -0.2) is 4.98 Å². The van der Waals surface area contributed by atoms with E-state index in [0.717, 1.165) is 21.4 Å². The highest BCUT2D eigenvalue weighted by atomic mass is 79.9. The predicted molar refractivity (Wildman–Crippen MR) is 110 cm³/mol. The molecule has 0 unspecified atom stereocenters. The van der Waals surface area contributed by atoms with Crippen molar-refractivity contribution in [2.75, 3.05) is 0 Å². The van der Waals surface area contributed by atoms with Crippen molar-refractivity contribution in [1.29, 1.82) is 0 Å². The van der Waals surface area contributed by atoms with Crippen molar-refractivity contribution in [1.82, 2.24) is 9.97 Å². The number of aryl methyl sites for hydroxylation is 1. The zero-order valence-corrected chi connectivity index (χ0v) is 17.3. The number of ether oxygens (including phenoxy) is 1. The number of rotatable bonds is 5. The van der Waals surface area contributed by atoms with E-state index < -0.39 is 6.36 Å². The van der Waals surface area contributed by atoms with Crippen LogP contribution >= 0.6 is 15.9 Å². The van der Waals surface area contributed by atoms with Gasteiger partial charge in [-0.15, -0.1) is 13.2 Å². The van der Waals surface area contributed by atoms with Gasteiger partial charge >= 0.3 is 6.36 Å². The van der Waals surface area contributed by atoms with Gasteiger partial charge in [0.25, 0.3) is 0 Å². The fraction of sp³-hybridized carbons (Fsp3) is 0.136. The minimum Gasteiger partial charge on any atom is -0.453 e. The van der Waals surface area contributed by atoms with E-state index in [1.807, 2.05) is 31.2 Å². The van der Waals surface area contributed by atoms with Crippen LogP contribution in [0.15, 0.2) is 69.6 Å². The Balaban J connectivity index is 1.60. The lowest BCUT2D eigenvalue weighted by atomic mass is 10.1. The van der Waals surface area contributed by atoms with Crippen molar-refractivity contribution in [3.63, 3.8) is 0 Å². The molecule has 4 rings (SSSR count). The molecule has 8 heteroatoms. The molecular formula is C22H16BrF3N2O2. The maximum absolute atomic E-state index is 12.7. The fourth-order valence-electron chi connectivity index (χ4n) is 3.07. The van der Waals surface area contributed by atoms with Crippen molar-refractivity contribution < 1.29 is 22.3 Å². The molecule has 0 aliphatic rings. The molecule has 2 aromatic heterocycles. The average molecular weight is 477 g/mol. The van der Waals surface area contributed by atoms with E-state index in [-0.39, 0.29) is 17.1 Å². The maximum Gasteiger partial charge on any atom is 0.573 e. The molecule has 0 aliphatic heterocycles. The number of H-pyrrole nitrogens is 1. The second-order valence-corrected chi connectivity index (χ2v) is 7.58. The SMILES string of the molecule is Cc1[nH]c(-c2ccc(-c3ccccc3OC(F)(F)F)o2)nc1Cc1ccc(Br)cc1. The van der Waals surface area contributed by atoms with Crippen molar-refractivity contribution in [3.05, 3.63) is 82.1 Å². The van der Waals surface area contributed by atoms with Gasteiger partial charge in [-0.2, -0.15) is 0 Å². The summed E-state index contributed by atoms with van der Waals surface area (Å²) in [6.07, 6.45) is -4.14. The van der Waals surface area contributed by atoms with Crippen LogP contribution in [0, 0.1) is 6.92 Å². The number of aromatic amines is 1. The molecule has 0 atom stereocenters. The molecule has 0 saturated carbocycles. The monoisotopic (exact) mass is 476 g/mol. The molecule has 0 aliphatic carbocycles. The minimum absolute atomic E-state index is 0.208. The number of nitrogens with zero attached hydrogens (tertiary/aromatic N) is 1. The maximum atomic E-state index is 12.7. The molecule has 0 saturated heterocycles. The molecule has 0 spiro atoms. The van der Waals surface area contributed by atoms with Crippen LogP contribution in [0.4, 0.5) is 13.2 Å². The van der Waals surface area contributed by atoms with Gasteiger partial charge in [0.05, 0.1) is 11.3 Å². The lowest BCUT2D eigenvalue weighted by Gasteiger charge is -2.11. The van der Waals surface area contributed by atoms with Crippen LogP contribution < -0.4 is 4.74 Å². The first-order valence-electron chi connectivity index (χ1n) is 9.04. The Hall–Kier alpha value is -3.00. The lowest BCUT2D eigenvalue weighted by molar-refractivity contribution is -0.274. The fourth-order valence-corrected chi connectivity index (χ4v) is 3.34. The molecular weight excluding hydrogens is 461 g/mol. The molecule has 4 aromatic rings. The Bertz CT molecular complexity index is 1160. The molecule has 0 fully saturated rings. The second-order valence-electron chi connectivity index (χ2n) is 6.67. The topological polar surface area (TPSA) is 51.0 Å². The first-order chi connectivity index (χ1) is 14.3. The third kappa shape index (κ3) is 4.59. The number of aromatic nitrogens is 2. The normalized spacial score (nSPS) is 11.6. The number of benzene rings is 2. The smallest absolute Gasteiger partial charge is 0.453 e. The Kier molecular flexibility index (Phi) is 5.42. The van der Waals surface area contributed by atoms with Gasteiger partial charge in [0.1, 0.15) is 11.5 Å². The van der Waals surface area contributed by atoms with E-state index in [0.29, 0.717) is 18.0 Å². The van der Waals surface area contributed by atoms with Crippen molar-refractivity contribution >= 4 is 15.9 Å². The summed E-state index contributed by atoms with van der Waals surface area (Å²) in [7, 11) is 0. The Morgan fingerprint density at radius 2 is 1.70 bits per heavy atom. The van der Waals surface area contributed by atoms with Crippen LogP contribution in [0.5, 0.6) is 5.75 Å². The molecule has 154 valence electrons. The molecule has 30 heavy (non-hydrogen) atoms. The summed E-state index contributed by atoms with van der Waals surface area (Å²) in [4.78, 5) is 7.80. The van der Waals surface area contributed by atoms with Gasteiger partial charge in [-0.3, -0.25) is 0 Å².